The average Bonchev–Trinajstić information content (AvgIpc) is 3.00. The van der Waals surface area contributed by atoms with Crippen molar-refractivity contribution in [1.29, 1.82) is 0 Å². The molecule has 0 amide bonds. The van der Waals surface area contributed by atoms with Gasteiger partial charge in [0.2, 0.25) is 11.7 Å². The minimum atomic E-state index is -0.121. The molecule has 1 aromatic carbocycles. The summed E-state index contributed by atoms with van der Waals surface area (Å²) in [4.78, 5) is 19.4. The van der Waals surface area contributed by atoms with Crippen LogP contribution in [0.2, 0.25) is 5.02 Å². The maximum atomic E-state index is 12.9. The van der Waals surface area contributed by atoms with Gasteiger partial charge in [-0.25, -0.2) is 4.98 Å². The highest BCUT2D eigenvalue weighted by atomic mass is 35.5. The molecule has 0 spiro atoms. The molecule has 0 atom stereocenters. The van der Waals surface area contributed by atoms with Crippen LogP contribution in [0, 0.1) is 13.8 Å². The molecule has 130 valence electrons. The minimum Gasteiger partial charge on any atom is -0.453 e. The largest absolute Gasteiger partial charge is 0.453 e. The van der Waals surface area contributed by atoms with Crippen molar-refractivity contribution >= 4 is 28.4 Å². The van der Waals surface area contributed by atoms with E-state index in [0.29, 0.717) is 23.8 Å². The zero-order chi connectivity index (χ0) is 17.7. The highest BCUT2D eigenvalue weighted by Gasteiger charge is 2.27. The van der Waals surface area contributed by atoms with Crippen molar-refractivity contribution in [3.05, 3.63) is 51.4 Å². The average molecular weight is 359 g/mol. The zero-order valence-electron chi connectivity index (χ0n) is 14.5. The van der Waals surface area contributed by atoms with Crippen LogP contribution in [0.4, 0.5) is 0 Å². The number of aryl methyl sites for hydroxylation is 2. The number of furan rings is 1. The number of rotatable bonds is 3. The molecule has 6 heteroatoms. The number of aromatic nitrogens is 1. The molecule has 25 heavy (non-hydrogen) atoms. The van der Waals surface area contributed by atoms with Gasteiger partial charge in [0.25, 0.3) is 0 Å². The highest BCUT2D eigenvalue weighted by Crippen LogP contribution is 2.36. The predicted octanol–water partition coefficient (Wildman–Crippen LogP) is 4.10. The number of carbonyl (C=O) groups is 1. The molecule has 0 saturated heterocycles. The minimum absolute atomic E-state index is 0.0915. The van der Waals surface area contributed by atoms with Crippen molar-refractivity contribution in [2.45, 2.75) is 33.2 Å². The first-order valence-electron chi connectivity index (χ1n) is 8.31. The van der Waals surface area contributed by atoms with Gasteiger partial charge in [0.05, 0.1) is 12.1 Å². The van der Waals surface area contributed by atoms with Crippen molar-refractivity contribution in [3.63, 3.8) is 0 Å². The van der Waals surface area contributed by atoms with Crippen LogP contribution < -0.4 is 0 Å². The van der Waals surface area contributed by atoms with E-state index in [-0.39, 0.29) is 12.2 Å². The SMILES string of the molecule is Cc1nc(CC(=O)c2oc3ccc(Cl)c4c3c2CN(C)CC4)oc1C. The first kappa shape index (κ1) is 16.4. The van der Waals surface area contributed by atoms with Crippen molar-refractivity contribution < 1.29 is 13.6 Å². The summed E-state index contributed by atoms with van der Waals surface area (Å²) in [5.74, 6) is 1.43. The number of hydrogen-bond donors (Lipinski definition) is 0. The number of oxazole rings is 1. The summed E-state index contributed by atoms with van der Waals surface area (Å²) in [5.41, 5.74) is 3.49. The smallest absolute Gasteiger partial charge is 0.207 e. The monoisotopic (exact) mass is 358 g/mol. The Bertz CT molecular complexity index is 967. The summed E-state index contributed by atoms with van der Waals surface area (Å²) in [6.45, 7) is 5.25. The van der Waals surface area contributed by atoms with Crippen LogP contribution in [0.15, 0.2) is 21.0 Å². The maximum absolute atomic E-state index is 12.9. The quantitative estimate of drug-likeness (QED) is 0.659. The van der Waals surface area contributed by atoms with E-state index in [1.54, 1.807) is 0 Å². The lowest BCUT2D eigenvalue weighted by atomic mass is 10.0. The van der Waals surface area contributed by atoms with Gasteiger partial charge in [-0.05, 0) is 45.0 Å². The molecule has 1 aliphatic heterocycles. The molecule has 2 aromatic heterocycles. The number of ketones is 1. The molecule has 0 aliphatic carbocycles. The molecule has 4 rings (SSSR count). The summed E-state index contributed by atoms with van der Waals surface area (Å²) < 4.78 is 11.5. The second-order valence-electron chi connectivity index (χ2n) is 6.65. The molecule has 1 aliphatic rings. The van der Waals surface area contributed by atoms with E-state index >= 15 is 0 Å². The third kappa shape index (κ3) is 2.77. The van der Waals surface area contributed by atoms with Crippen LogP contribution >= 0.6 is 11.6 Å². The summed E-state index contributed by atoms with van der Waals surface area (Å²) in [7, 11) is 2.04. The molecular formula is C19H19ClN2O3. The zero-order valence-corrected chi connectivity index (χ0v) is 15.2. The molecule has 0 N–H and O–H groups in total. The predicted molar refractivity (Wildman–Crippen MR) is 95.3 cm³/mol. The lowest BCUT2D eigenvalue weighted by Crippen LogP contribution is -2.19. The van der Waals surface area contributed by atoms with Crippen LogP contribution in [0.3, 0.4) is 0 Å². The Balaban J connectivity index is 1.80. The fraction of sp³-hybridized carbons (Fsp3) is 0.368. The van der Waals surface area contributed by atoms with Gasteiger partial charge < -0.3 is 13.7 Å². The van der Waals surface area contributed by atoms with Crippen LogP contribution in [-0.4, -0.2) is 29.3 Å². The van der Waals surface area contributed by atoms with Crippen LogP contribution in [-0.2, 0) is 19.4 Å². The van der Waals surface area contributed by atoms with Gasteiger partial charge in [-0.3, -0.25) is 4.79 Å². The number of carbonyl (C=O) groups excluding carboxylic acids is 1. The molecule has 0 unspecified atom stereocenters. The molecule has 3 heterocycles. The summed E-state index contributed by atoms with van der Waals surface area (Å²) >= 11 is 6.40. The van der Waals surface area contributed by atoms with E-state index in [9.17, 15) is 4.79 Å². The van der Waals surface area contributed by atoms with Crippen LogP contribution in [0.25, 0.3) is 11.0 Å². The van der Waals surface area contributed by atoms with E-state index in [0.717, 1.165) is 46.0 Å². The Morgan fingerprint density at radius 1 is 1.28 bits per heavy atom. The molecule has 3 aromatic rings. The summed E-state index contributed by atoms with van der Waals surface area (Å²) in [6, 6.07) is 3.68. The topological polar surface area (TPSA) is 59.5 Å². The van der Waals surface area contributed by atoms with Gasteiger partial charge in [-0.1, -0.05) is 11.6 Å². The van der Waals surface area contributed by atoms with Gasteiger partial charge in [-0.2, -0.15) is 0 Å². The molecule has 5 nitrogen and oxygen atoms in total. The summed E-state index contributed by atoms with van der Waals surface area (Å²) in [6.07, 6.45) is 0.930. The highest BCUT2D eigenvalue weighted by molar-refractivity contribution is 6.32. The summed E-state index contributed by atoms with van der Waals surface area (Å²) in [5, 5.41) is 1.71. The van der Waals surface area contributed by atoms with Crippen LogP contribution in [0.1, 0.15) is 39.0 Å². The standard InChI is InChI=1S/C19H19ClN2O3/c1-10-11(2)24-17(21-10)8-15(23)19-13-9-22(3)7-6-12-14(20)4-5-16(25-19)18(12)13/h4-5H,6-9H2,1-3H3. The second kappa shape index (κ2) is 6.00. The lowest BCUT2D eigenvalue weighted by Gasteiger charge is -2.13. The van der Waals surface area contributed by atoms with E-state index in [1.165, 1.54) is 0 Å². The van der Waals surface area contributed by atoms with E-state index in [4.69, 9.17) is 20.4 Å². The third-order valence-electron chi connectivity index (χ3n) is 4.81. The lowest BCUT2D eigenvalue weighted by molar-refractivity contribution is 0.0958. The van der Waals surface area contributed by atoms with Crippen LogP contribution in [0.5, 0.6) is 0 Å². The fourth-order valence-corrected chi connectivity index (χ4v) is 3.66. The van der Waals surface area contributed by atoms with E-state index in [2.05, 4.69) is 9.88 Å². The van der Waals surface area contributed by atoms with Gasteiger partial charge >= 0.3 is 0 Å². The van der Waals surface area contributed by atoms with Crippen molar-refractivity contribution in [2.24, 2.45) is 0 Å². The van der Waals surface area contributed by atoms with Gasteiger partial charge in [0.15, 0.2) is 5.76 Å². The van der Waals surface area contributed by atoms with Gasteiger partial charge in [0, 0.05) is 29.1 Å². The van der Waals surface area contributed by atoms with Gasteiger partial charge in [0.1, 0.15) is 11.3 Å². The van der Waals surface area contributed by atoms with Crippen molar-refractivity contribution in [1.82, 2.24) is 9.88 Å². The normalized spacial score (nSPS) is 14.9. The Morgan fingerprint density at radius 3 is 2.80 bits per heavy atom. The third-order valence-corrected chi connectivity index (χ3v) is 5.17. The van der Waals surface area contributed by atoms with E-state index in [1.807, 2.05) is 33.0 Å². The Morgan fingerprint density at radius 2 is 2.08 bits per heavy atom. The fourth-order valence-electron chi connectivity index (χ4n) is 3.41. The van der Waals surface area contributed by atoms with Crippen molar-refractivity contribution in [2.75, 3.05) is 13.6 Å². The number of hydrogen-bond acceptors (Lipinski definition) is 5. The second-order valence-corrected chi connectivity index (χ2v) is 7.05. The number of halogens is 1. The maximum Gasteiger partial charge on any atom is 0.207 e. The molecule has 0 radical (unpaired) electrons. The first-order chi connectivity index (χ1) is 11.9. The Kier molecular flexibility index (Phi) is 3.93. The molecule has 0 saturated carbocycles. The number of benzene rings is 1. The Hall–Kier alpha value is -2.11. The molecule has 0 fully saturated rings. The first-order valence-corrected chi connectivity index (χ1v) is 8.69. The Labute approximate surface area is 150 Å². The van der Waals surface area contributed by atoms with Crippen molar-refractivity contribution in [3.8, 4) is 0 Å². The molecular weight excluding hydrogens is 340 g/mol. The number of Topliss-reactive ketones (excluding diaryl/α,β-unsaturated/α-hetero) is 1. The number of nitrogens with zero attached hydrogens (tertiary/aromatic N) is 2. The number of likely N-dealkylation sites (N-methyl/N-ethyl adjacent to an activating group) is 1. The van der Waals surface area contributed by atoms with E-state index < -0.39 is 0 Å². The molecule has 0 bridgehead atoms. The van der Waals surface area contributed by atoms with Gasteiger partial charge in [-0.15, -0.1) is 0 Å².